The number of hydrogen-bond acceptors (Lipinski definition) is 5. The van der Waals surface area contributed by atoms with Crippen LogP contribution in [0.25, 0.3) is 11.5 Å². The highest BCUT2D eigenvalue weighted by molar-refractivity contribution is 7.11. The van der Waals surface area contributed by atoms with Gasteiger partial charge >= 0.3 is 0 Å². The predicted octanol–water partition coefficient (Wildman–Crippen LogP) is 5.19. The molecule has 2 heterocycles. The Morgan fingerprint density at radius 2 is 1.92 bits per heavy atom. The number of rotatable bonds is 5. The Hall–Kier alpha value is -2.12. The van der Waals surface area contributed by atoms with E-state index in [1.54, 1.807) is 18.3 Å². The quantitative estimate of drug-likeness (QED) is 0.613. The largest absolute Gasteiger partial charge is 0.441 e. The summed E-state index contributed by atoms with van der Waals surface area (Å²) in [6.45, 7) is 8.50. The Labute approximate surface area is 155 Å². The van der Waals surface area contributed by atoms with Gasteiger partial charge in [0.25, 0.3) is 0 Å². The summed E-state index contributed by atoms with van der Waals surface area (Å²) >= 11 is 1.68. The molecule has 3 rings (SSSR count). The molecule has 26 heavy (non-hydrogen) atoms. The van der Waals surface area contributed by atoms with E-state index in [2.05, 4.69) is 28.7 Å². The van der Waals surface area contributed by atoms with Crippen LogP contribution in [0, 0.1) is 32.4 Å². The number of nitrogens with zero attached hydrogens (tertiary/aromatic N) is 3. The van der Waals surface area contributed by atoms with Gasteiger partial charge in [0.05, 0.1) is 28.0 Å². The molecule has 138 valence electrons. The zero-order chi connectivity index (χ0) is 19.0. The third-order valence-corrected chi connectivity index (χ3v) is 5.35. The van der Waals surface area contributed by atoms with E-state index in [4.69, 9.17) is 4.42 Å². The average Bonchev–Trinajstić information content (AvgIpc) is 3.08. The van der Waals surface area contributed by atoms with Crippen LogP contribution in [0.15, 0.2) is 22.6 Å². The van der Waals surface area contributed by atoms with Crippen molar-refractivity contribution in [2.24, 2.45) is 0 Å². The van der Waals surface area contributed by atoms with Gasteiger partial charge in [0.1, 0.15) is 17.4 Å². The Balaban J connectivity index is 1.82. The second-order valence-corrected chi connectivity index (χ2v) is 7.82. The van der Waals surface area contributed by atoms with E-state index in [1.807, 2.05) is 14.0 Å². The second kappa shape index (κ2) is 7.25. The fourth-order valence-electron chi connectivity index (χ4n) is 2.87. The SMILES string of the molecule is Cc1nc(C(C)N(C)Cc2nc(-c3ccc(F)cc3F)oc2C)c(C)s1. The van der Waals surface area contributed by atoms with E-state index in [1.165, 1.54) is 17.0 Å². The summed E-state index contributed by atoms with van der Waals surface area (Å²) < 4.78 is 32.7. The minimum Gasteiger partial charge on any atom is -0.441 e. The summed E-state index contributed by atoms with van der Waals surface area (Å²) in [6.07, 6.45) is 0. The molecule has 0 bridgehead atoms. The summed E-state index contributed by atoms with van der Waals surface area (Å²) in [5.74, 6) is -0.531. The molecule has 0 saturated carbocycles. The molecule has 0 aliphatic heterocycles. The van der Waals surface area contributed by atoms with E-state index >= 15 is 0 Å². The number of thiazole rings is 1. The molecular weight excluding hydrogens is 356 g/mol. The lowest BCUT2D eigenvalue weighted by atomic mass is 10.2. The molecule has 3 aromatic rings. The highest BCUT2D eigenvalue weighted by Gasteiger charge is 2.21. The maximum absolute atomic E-state index is 14.0. The summed E-state index contributed by atoms with van der Waals surface area (Å²) in [6, 6.07) is 3.48. The molecule has 0 spiro atoms. The van der Waals surface area contributed by atoms with Crippen molar-refractivity contribution in [1.82, 2.24) is 14.9 Å². The lowest BCUT2D eigenvalue weighted by molar-refractivity contribution is 0.245. The smallest absolute Gasteiger partial charge is 0.229 e. The van der Waals surface area contributed by atoms with Gasteiger partial charge in [-0.1, -0.05) is 0 Å². The molecule has 0 fully saturated rings. The molecule has 7 heteroatoms. The highest BCUT2D eigenvalue weighted by atomic mass is 32.1. The standard InChI is InChI=1S/C19H21F2N3OS/c1-10(18-12(3)26-13(4)22-18)24(5)9-17-11(2)25-19(23-17)15-7-6-14(20)8-16(15)21/h6-8,10H,9H2,1-5H3. The molecule has 1 unspecified atom stereocenters. The van der Waals surface area contributed by atoms with Gasteiger partial charge in [-0.25, -0.2) is 18.7 Å². The Kier molecular flexibility index (Phi) is 5.20. The van der Waals surface area contributed by atoms with Crippen LogP contribution in [0.2, 0.25) is 0 Å². The van der Waals surface area contributed by atoms with Crippen molar-refractivity contribution in [2.45, 2.75) is 40.3 Å². The maximum atomic E-state index is 14.0. The van der Waals surface area contributed by atoms with Crippen molar-refractivity contribution in [1.29, 1.82) is 0 Å². The van der Waals surface area contributed by atoms with Gasteiger partial charge in [-0.2, -0.15) is 0 Å². The third-order valence-electron chi connectivity index (χ3n) is 4.45. The Morgan fingerprint density at radius 3 is 2.54 bits per heavy atom. The van der Waals surface area contributed by atoms with Crippen molar-refractivity contribution in [3.05, 3.63) is 56.9 Å². The number of halogens is 2. The van der Waals surface area contributed by atoms with Gasteiger partial charge in [0.2, 0.25) is 5.89 Å². The van der Waals surface area contributed by atoms with Crippen LogP contribution in [0.3, 0.4) is 0 Å². The molecule has 0 amide bonds. The molecule has 1 aromatic carbocycles. The lowest BCUT2D eigenvalue weighted by Gasteiger charge is -2.23. The van der Waals surface area contributed by atoms with Gasteiger partial charge in [-0.3, -0.25) is 4.90 Å². The van der Waals surface area contributed by atoms with E-state index in [0.29, 0.717) is 12.3 Å². The third kappa shape index (κ3) is 3.68. The first kappa shape index (κ1) is 18.7. The first-order chi connectivity index (χ1) is 12.3. The van der Waals surface area contributed by atoms with E-state index in [9.17, 15) is 8.78 Å². The topological polar surface area (TPSA) is 42.2 Å². The molecule has 0 N–H and O–H groups in total. The van der Waals surface area contributed by atoms with Crippen LogP contribution < -0.4 is 0 Å². The van der Waals surface area contributed by atoms with E-state index in [0.717, 1.165) is 22.5 Å². The van der Waals surface area contributed by atoms with Gasteiger partial charge in [0.15, 0.2) is 0 Å². The number of hydrogen-bond donors (Lipinski definition) is 0. The maximum Gasteiger partial charge on any atom is 0.229 e. The Morgan fingerprint density at radius 1 is 1.19 bits per heavy atom. The van der Waals surface area contributed by atoms with Crippen molar-refractivity contribution in [3.8, 4) is 11.5 Å². The number of benzene rings is 1. The fourth-order valence-corrected chi connectivity index (χ4v) is 3.78. The second-order valence-electron chi connectivity index (χ2n) is 6.41. The van der Waals surface area contributed by atoms with Crippen LogP contribution >= 0.6 is 11.3 Å². The zero-order valence-corrected chi connectivity index (χ0v) is 16.2. The minimum atomic E-state index is -0.687. The summed E-state index contributed by atoms with van der Waals surface area (Å²) in [4.78, 5) is 12.4. The van der Waals surface area contributed by atoms with Gasteiger partial charge < -0.3 is 4.42 Å². The highest BCUT2D eigenvalue weighted by Crippen LogP contribution is 2.29. The van der Waals surface area contributed by atoms with Crippen LogP contribution in [0.5, 0.6) is 0 Å². The van der Waals surface area contributed by atoms with Crippen LogP contribution in [0.1, 0.15) is 40.0 Å². The molecule has 0 radical (unpaired) electrons. The molecule has 0 saturated heterocycles. The van der Waals surface area contributed by atoms with Gasteiger partial charge in [-0.05, 0) is 46.9 Å². The van der Waals surface area contributed by atoms with Crippen molar-refractivity contribution < 1.29 is 13.2 Å². The number of oxazole rings is 1. The molecule has 0 aliphatic carbocycles. The first-order valence-electron chi connectivity index (χ1n) is 8.32. The molecule has 0 aliphatic rings. The summed E-state index contributed by atoms with van der Waals surface area (Å²) in [7, 11) is 1.99. The normalized spacial score (nSPS) is 12.8. The fraction of sp³-hybridized carbons (Fsp3) is 0.368. The summed E-state index contributed by atoms with van der Waals surface area (Å²) in [5.41, 5.74) is 1.94. The van der Waals surface area contributed by atoms with Gasteiger partial charge in [0, 0.05) is 17.5 Å². The Bertz CT molecular complexity index is 935. The number of aryl methyl sites for hydroxylation is 3. The molecule has 1 atom stereocenters. The zero-order valence-electron chi connectivity index (χ0n) is 15.4. The average molecular weight is 377 g/mol. The van der Waals surface area contributed by atoms with Crippen molar-refractivity contribution >= 4 is 11.3 Å². The molecule has 2 aromatic heterocycles. The van der Waals surface area contributed by atoms with Gasteiger partial charge in [-0.15, -0.1) is 11.3 Å². The van der Waals surface area contributed by atoms with Crippen molar-refractivity contribution in [3.63, 3.8) is 0 Å². The lowest BCUT2D eigenvalue weighted by Crippen LogP contribution is -2.23. The van der Waals surface area contributed by atoms with E-state index < -0.39 is 11.6 Å². The van der Waals surface area contributed by atoms with Crippen LogP contribution in [0.4, 0.5) is 8.78 Å². The van der Waals surface area contributed by atoms with Crippen LogP contribution in [-0.2, 0) is 6.54 Å². The van der Waals surface area contributed by atoms with Crippen molar-refractivity contribution in [2.75, 3.05) is 7.05 Å². The predicted molar refractivity (Wildman–Crippen MR) is 98.1 cm³/mol. The molecular formula is C19H21F2N3OS. The first-order valence-corrected chi connectivity index (χ1v) is 9.13. The van der Waals surface area contributed by atoms with Crippen LogP contribution in [-0.4, -0.2) is 21.9 Å². The minimum absolute atomic E-state index is 0.113. The van der Waals surface area contributed by atoms with E-state index in [-0.39, 0.29) is 17.5 Å². The monoisotopic (exact) mass is 377 g/mol. The summed E-state index contributed by atoms with van der Waals surface area (Å²) in [5, 5.41) is 1.05. The molecule has 4 nitrogen and oxygen atoms in total. The number of aromatic nitrogens is 2.